The van der Waals surface area contributed by atoms with Crippen molar-refractivity contribution < 1.29 is 64.6 Å². The number of ether oxygens (including phenoxy) is 4. The molecular weight excluding hydrogens is 1030 g/mol. The Hall–Kier alpha value is -1.53. The minimum atomic E-state index is -1.79. The number of carbonyl (C=O) groups is 1. The first-order chi connectivity index (χ1) is 39.6. The van der Waals surface area contributed by atoms with E-state index in [4.69, 9.17) is 18.9 Å². The Morgan fingerprint density at radius 2 is 0.778 bits per heavy atom. The minimum absolute atomic E-state index is 0.237. The smallest absolute Gasteiger partial charge is 0.220 e. The quantitative estimate of drug-likeness (QED) is 0.0204. The average Bonchev–Trinajstić information content (AvgIpc) is 3.55. The van der Waals surface area contributed by atoms with E-state index >= 15 is 0 Å². The van der Waals surface area contributed by atoms with Gasteiger partial charge >= 0.3 is 0 Å². The Morgan fingerprint density at radius 3 is 1.17 bits per heavy atom. The van der Waals surface area contributed by atoms with Crippen molar-refractivity contribution in [2.75, 3.05) is 19.8 Å². The van der Waals surface area contributed by atoms with Crippen LogP contribution in [0.15, 0.2) is 24.3 Å². The number of aliphatic hydroxyl groups is 8. The standard InChI is InChI=1S/C67H127NO13/c1-3-5-7-9-11-13-14-15-16-17-18-19-20-21-22-23-24-25-26-27-28-29-30-31-32-33-34-35-36-37-38-39-40-41-42-43-45-47-49-51-59(72)68-55(56(71)50-48-46-44-12-10-8-6-4-2)54-78-66-64(77)62(75)65(58(53-70)80-66)81-67-63(76)61(74)60(73)57(52-69)79-67/h17-18,48,50,55-58,60-67,69-71,73-77H,3-16,19-47,49,51-54H2,1-2H3,(H,68,72)/b18-17-,50-48+. The molecule has 12 atom stereocenters. The van der Waals surface area contributed by atoms with Crippen molar-refractivity contribution in [2.45, 2.75) is 376 Å². The Labute approximate surface area is 494 Å². The fraction of sp³-hybridized carbons (Fsp3) is 0.925. The number of hydrogen-bond donors (Lipinski definition) is 9. The summed E-state index contributed by atoms with van der Waals surface area (Å²) in [7, 11) is 0. The lowest BCUT2D eigenvalue weighted by Gasteiger charge is -2.46. The van der Waals surface area contributed by atoms with E-state index in [1.165, 1.54) is 231 Å². The van der Waals surface area contributed by atoms with Crippen molar-refractivity contribution in [2.24, 2.45) is 0 Å². The van der Waals surface area contributed by atoms with Gasteiger partial charge in [0.2, 0.25) is 5.91 Å². The SMILES string of the molecule is CCCCCCCC/C=C/C(O)C(COC1OC(CO)C(OC2OC(CO)C(O)C(O)C2O)C(O)C1O)NC(=O)CCCCCCCCCCCCCCCCCCCCCCCCCCCCC/C=C\CCCCCCCCCC. The van der Waals surface area contributed by atoms with Crippen LogP contribution < -0.4 is 5.32 Å². The molecule has 12 unspecified atom stereocenters. The summed E-state index contributed by atoms with van der Waals surface area (Å²) in [4.78, 5) is 13.2. The zero-order valence-electron chi connectivity index (χ0n) is 51.8. The first-order valence-corrected chi connectivity index (χ1v) is 34.1. The van der Waals surface area contributed by atoms with Gasteiger partial charge in [-0.15, -0.1) is 0 Å². The van der Waals surface area contributed by atoms with Crippen molar-refractivity contribution in [1.82, 2.24) is 5.32 Å². The third-order valence-corrected chi connectivity index (χ3v) is 16.9. The number of allylic oxidation sites excluding steroid dienone is 3. The zero-order chi connectivity index (χ0) is 58.8. The lowest BCUT2D eigenvalue weighted by molar-refractivity contribution is -0.359. The van der Waals surface area contributed by atoms with Crippen molar-refractivity contribution in [1.29, 1.82) is 0 Å². The summed E-state index contributed by atoms with van der Waals surface area (Å²) in [6, 6.07) is -0.909. The molecule has 0 radical (unpaired) electrons. The maximum Gasteiger partial charge on any atom is 0.220 e. The van der Waals surface area contributed by atoms with Crippen molar-refractivity contribution in [3.63, 3.8) is 0 Å². The topological polar surface area (TPSA) is 228 Å². The van der Waals surface area contributed by atoms with Crippen LogP contribution in [0.2, 0.25) is 0 Å². The largest absolute Gasteiger partial charge is 0.394 e. The summed E-state index contributed by atoms with van der Waals surface area (Å²) in [5.74, 6) is -0.237. The molecule has 2 rings (SSSR count). The lowest BCUT2D eigenvalue weighted by Crippen LogP contribution is -2.65. The maximum absolute atomic E-state index is 13.2. The van der Waals surface area contributed by atoms with Gasteiger partial charge in [-0.2, -0.15) is 0 Å². The number of nitrogens with one attached hydrogen (secondary N) is 1. The van der Waals surface area contributed by atoms with Gasteiger partial charge < -0.3 is 65.1 Å². The lowest BCUT2D eigenvalue weighted by atomic mass is 9.97. The fourth-order valence-corrected chi connectivity index (χ4v) is 11.4. The molecule has 0 aliphatic carbocycles. The van der Waals surface area contributed by atoms with Crippen LogP contribution in [0.4, 0.5) is 0 Å². The Bertz CT molecular complexity index is 1450. The summed E-state index contributed by atoms with van der Waals surface area (Å²) in [5.41, 5.74) is 0. The predicted octanol–water partition coefficient (Wildman–Crippen LogP) is 13.2. The number of carbonyl (C=O) groups excluding carboxylic acids is 1. The molecule has 0 bridgehead atoms. The fourth-order valence-electron chi connectivity index (χ4n) is 11.4. The molecule has 0 spiro atoms. The van der Waals surface area contributed by atoms with Crippen LogP contribution in [-0.4, -0.2) is 140 Å². The molecule has 0 aromatic carbocycles. The second-order valence-corrected chi connectivity index (χ2v) is 24.3. The Kier molecular flexibility index (Phi) is 49.2. The van der Waals surface area contributed by atoms with Crippen LogP contribution in [-0.2, 0) is 23.7 Å². The van der Waals surface area contributed by atoms with Crippen LogP contribution in [0.5, 0.6) is 0 Å². The third-order valence-electron chi connectivity index (χ3n) is 16.9. The van der Waals surface area contributed by atoms with Gasteiger partial charge in [0.05, 0.1) is 32.0 Å². The van der Waals surface area contributed by atoms with Crippen molar-refractivity contribution in [3.05, 3.63) is 24.3 Å². The minimum Gasteiger partial charge on any atom is -0.394 e. The highest BCUT2D eigenvalue weighted by molar-refractivity contribution is 5.76. The molecule has 9 N–H and O–H groups in total. The molecule has 2 fully saturated rings. The molecule has 14 nitrogen and oxygen atoms in total. The van der Waals surface area contributed by atoms with Gasteiger partial charge in [0.1, 0.15) is 48.8 Å². The van der Waals surface area contributed by atoms with E-state index in [1.807, 2.05) is 6.08 Å². The van der Waals surface area contributed by atoms with E-state index in [0.29, 0.717) is 6.42 Å². The van der Waals surface area contributed by atoms with E-state index in [-0.39, 0.29) is 18.9 Å². The van der Waals surface area contributed by atoms with Gasteiger partial charge in [-0.05, 0) is 44.9 Å². The van der Waals surface area contributed by atoms with Gasteiger partial charge in [-0.3, -0.25) is 4.79 Å². The summed E-state index contributed by atoms with van der Waals surface area (Å²) >= 11 is 0. The monoisotopic (exact) mass is 1150 g/mol. The number of unbranched alkanes of at least 4 members (excludes halogenated alkanes) is 41. The van der Waals surface area contributed by atoms with Crippen molar-refractivity contribution >= 4 is 5.91 Å². The molecule has 0 aromatic heterocycles. The average molecular weight is 1150 g/mol. The highest BCUT2D eigenvalue weighted by atomic mass is 16.7. The Morgan fingerprint density at radius 1 is 0.432 bits per heavy atom. The molecule has 2 heterocycles. The third kappa shape index (κ3) is 37.6. The van der Waals surface area contributed by atoms with E-state index < -0.39 is 86.8 Å². The van der Waals surface area contributed by atoms with Crippen LogP contribution in [0, 0.1) is 0 Å². The number of aliphatic hydroxyl groups excluding tert-OH is 8. The molecule has 478 valence electrons. The molecule has 14 heteroatoms. The second kappa shape index (κ2) is 52.8. The molecule has 1 amide bonds. The Balaban J connectivity index is 1.49. The highest BCUT2D eigenvalue weighted by Crippen LogP contribution is 2.30. The summed E-state index contributed by atoms with van der Waals surface area (Å²) in [6.07, 6.45) is 48.8. The first kappa shape index (κ1) is 75.6. The molecule has 2 aliphatic heterocycles. The van der Waals surface area contributed by atoms with E-state index in [0.717, 1.165) is 44.9 Å². The van der Waals surface area contributed by atoms with Crippen LogP contribution in [0.25, 0.3) is 0 Å². The molecule has 81 heavy (non-hydrogen) atoms. The van der Waals surface area contributed by atoms with Gasteiger partial charge in [-0.25, -0.2) is 0 Å². The van der Waals surface area contributed by atoms with Gasteiger partial charge in [0.15, 0.2) is 12.6 Å². The van der Waals surface area contributed by atoms with Gasteiger partial charge in [0.25, 0.3) is 0 Å². The summed E-state index contributed by atoms with van der Waals surface area (Å²) in [5, 5.41) is 86.8. The number of hydrogen-bond acceptors (Lipinski definition) is 13. The van der Waals surface area contributed by atoms with Crippen LogP contribution in [0.3, 0.4) is 0 Å². The second-order valence-electron chi connectivity index (χ2n) is 24.3. The molecule has 0 saturated carbocycles. The molecular formula is C67H127NO13. The number of rotatable bonds is 56. The summed E-state index contributed by atoms with van der Waals surface area (Å²) < 4.78 is 22.7. The predicted molar refractivity (Wildman–Crippen MR) is 328 cm³/mol. The van der Waals surface area contributed by atoms with E-state index in [9.17, 15) is 45.6 Å². The first-order valence-electron chi connectivity index (χ1n) is 34.1. The molecule has 2 aliphatic rings. The molecule has 0 aromatic rings. The van der Waals surface area contributed by atoms with Crippen molar-refractivity contribution in [3.8, 4) is 0 Å². The maximum atomic E-state index is 13.2. The van der Waals surface area contributed by atoms with Crippen LogP contribution >= 0.6 is 0 Å². The van der Waals surface area contributed by atoms with Gasteiger partial charge in [0, 0.05) is 6.42 Å². The zero-order valence-corrected chi connectivity index (χ0v) is 51.8. The highest BCUT2D eigenvalue weighted by Gasteiger charge is 2.51. The van der Waals surface area contributed by atoms with E-state index in [2.05, 4.69) is 31.3 Å². The van der Waals surface area contributed by atoms with Crippen LogP contribution in [0.1, 0.15) is 303 Å². The summed E-state index contributed by atoms with van der Waals surface area (Å²) in [6.45, 7) is 2.77. The normalized spacial score (nSPS) is 24.2. The molecule has 2 saturated heterocycles. The van der Waals surface area contributed by atoms with Gasteiger partial charge in [-0.1, -0.05) is 276 Å². The number of amides is 1. The van der Waals surface area contributed by atoms with E-state index in [1.54, 1.807) is 6.08 Å².